The Bertz CT molecular complexity index is 226. The number of nitrogens with zero attached hydrogens (tertiary/aromatic N) is 1. The van der Waals surface area contributed by atoms with Gasteiger partial charge in [0.25, 0.3) is 0 Å². The second-order valence-corrected chi connectivity index (χ2v) is 4.03. The molecule has 0 aliphatic carbocycles. The molecule has 1 aliphatic rings. The van der Waals surface area contributed by atoms with E-state index in [9.17, 15) is 4.79 Å². The zero-order valence-electron chi connectivity index (χ0n) is 8.39. The van der Waals surface area contributed by atoms with E-state index in [0.717, 1.165) is 6.54 Å². The molecule has 1 saturated heterocycles. The van der Waals surface area contributed by atoms with E-state index in [4.69, 9.17) is 4.84 Å². The van der Waals surface area contributed by atoms with Crippen LogP contribution < -0.4 is 5.32 Å². The third-order valence-corrected chi connectivity index (χ3v) is 1.59. The van der Waals surface area contributed by atoms with Crippen molar-refractivity contribution >= 4 is 5.94 Å². The molecule has 0 spiro atoms. The lowest BCUT2D eigenvalue weighted by Gasteiger charge is -2.34. The van der Waals surface area contributed by atoms with Crippen molar-refractivity contribution in [3.05, 3.63) is 5.70 Å². The molecular formula is C9H16N2O2. The Morgan fingerprint density at radius 3 is 2.77 bits per heavy atom. The predicted molar refractivity (Wildman–Crippen MR) is 49.6 cm³/mol. The molecule has 1 N–H and O–H groups in total. The number of hydroxylamine groups is 2. The van der Waals surface area contributed by atoms with Crippen LogP contribution >= 0.6 is 0 Å². The molecule has 1 rings (SSSR count). The summed E-state index contributed by atoms with van der Waals surface area (Å²) < 4.78 is 0. The smallest absolute Gasteiger partial charge is 0.149 e. The van der Waals surface area contributed by atoms with Gasteiger partial charge in [-0.3, -0.25) is 4.84 Å². The second-order valence-electron chi connectivity index (χ2n) is 4.03. The van der Waals surface area contributed by atoms with Gasteiger partial charge in [0.15, 0.2) is 0 Å². The molecule has 4 heteroatoms. The average molecular weight is 184 g/mol. The molecule has 1 fully saturated rings. The summed E-state index contributed by atoms with van der Waals surface area (Å²) in [6, 6.07) is 0. The van der Waals surface area contributed by atoms with Crippen molar-refractivity contribution in [1.82, 2.24) is 10.4 Å². The summed E-state index contributed by atoms with van der Waals surface area (Å²) in [5, 5.41) is 4.71. The van der Waals surface area contributed by atoms with Gasteiger partial charge >= 0.3 is 0 Å². The van der Waals surface area contributed by atoms with E-state index < -0.39 is 0 Å². The summed E-state index contributed by atoms with van der Waals surface area (Å²) in [6.07, 6.45) is 0. The summed E-state index contributed by atoms with van der Waals surface area (Å²) in [7, 11) is 0. The predicted octanol–water partition coefficient (Wildman–Crippen LogP) is 0.337. The van der Waals surface area contributed by atoms with Crippen LogP contribution in [0.4, 0.5) is 0 Å². The van der Waals surface area contributed by atoms with Crippen molar-refractivity contribution in [2.24, 2.45) is 0 Å². The van der Waals surface area contributed by atoms with Gasteiger partial charge in [-0.05, 0) is 20.8 Å². The summed E-state index contributed by atoms with van der Waals surface area (Å²) in [5.41, 5.74) is 0.278. The van der Waals surface area contributed by atoms with Crippen molar-refractivity contribution in [3.8, 4) is 0 Å². The number of hydrogen-bond acceptors (Lipinski definition) is 4. The molecular weight excluding hydrogens is 168 g/mol. The van der Waals surface area contributed by atoms with Crippen LogP contribution in [0.3, 0.4) is 0 Å². The average Bonchev–Trinajstić information content (AvgIpc) is 2.02. The highest BCUT2D eigenvalue weighted by molar-refractivity contribution is 5.52. The molecule has 4 nitrogen and oxygen atoms in total. The van der Waals surface area contributed by atoms with Crippen LogP contribution in [0.5, 0.6) is 0 Å². The molecule has 0 bridgehead atoms. The van der Waals surface area contributed by atoms with E-state index in [1.807, 2.05) is 26.7 Å². The molecule has 1 aliphatic heterocycles. The molecule has 1 heterocycles. The fourth-order valence-corrected chi connectivity index (χ4v) is 1.13. The molecule has 0 radical (unpaired) electrons. The number of carbonyl (C=O) groups excluding carboxylic acids is 1. The molecule has 0 atom stereocenters. The van der Waals surface area contributed by atoms with Crippen LogP contribution in [0.1, 0.15) is 20.8 Å². The highest BCUT2D eigenvalue weighted by atomic mass is 16.7. The maximum atomic E-state index is 10.5. The molecule has 0 aromatic carbocycles. The van der Waals surface area contributed by atoms with Crippen LogP contribution in [0.25, 0.3) is 0 Å². The van der Waals surface area contributed by atoms with E-state index >= 15 is 0 Å². The SMILES string of the molecule is CC(C)(C)ON1CCNCC1=C=O. The van der Waals surface area contributed by atoms with E-state index in [0.29, 0.717) is 18.8 Å². The van der Waals surface area contributed by atoms with Gasteiger partial charge in [0.05, 0.1) is 12.1 Å². The lowest BCUT2D eigenvalue weighted by atomic mass is 10.2. The van der Waals surface area contributed by atoms with Crippen molar-refractivity contribution in [1.29, 1.82) is 0 Å². The fraction of sp³-hybridized carbons (Fsp3) is 0.778. The fourth-order valence-electron chi connectivity index (χ4n) is 1.13. The molecule has 0 aromatic rings. The zero-order chi connectivity index (χ0) is 9.90. The number of hydrogen-bond donors (Lipinski definition) is 1. The molecule has 0 aromatic heterocycles. The standard InChI is InChI=1S/C9H16N2O2/c1-9(2,3)13-11-5-4-10-6-8(11)7-12/h10H,4-6H2,1-3H3. The van der Waals surface area contributed by atoms with Gasteiger partial charge in [0.1, 0.15) is 11.6 Å². The van der Waals surface area contributed by atoms with Crippen molar-refractivity contribution in [3.63, 3.8) is 0 Å². The maximum absolute atomic E-state index is 10.5. The van der Waals surface area contributed by atoms with Gasteiger partial charge in [-0.25, -0.2) is 9.86 Å². The van der Waals surface area contributed by atoms with Gasteiger partial charge in [-0.1, -0.05) is 0 Å². The Kier molecular flexibility index (Phi) is 3.09. The third kappa shape index (κ3) is 3.19. The van der Waals surface area contributed by atoms with E-state index in [1.54, 1.807) is 5.06 Å². The second kappa shape index (κ2) is 3.92. The lowest BCUT2D eigenvalue weighted by molar-refractivity contribution is -0.210. The third-order valence-electron chi connectivity index (χ3n) is 1.59. The van der Waals surface area contributed by atoms with Crippen molar-refractivity contribution in [2.75, 3.05) is 19.6 Å². The molecule has 0 amide bonds. The van der Waals surface area contributed by atoms with E-state index in [2.05, 4.69) is 5.32 Å². The van der Waals surface area contributed by atoms with Crippen LogP contribution in [0, 0.1) is 0 Å². The minimum absolute atomic E-state index is 0.264. The first kappa shape index (κ1) is 10.3. The Hall–Kier alpha value is -0.830. The summed E-state index contributed by atoms with van der Waals surface area (Å²) in [4.78, 5) is 16.1. The summed E-state index contributed by atoms with van der Waals surface area (Å²) >= 11 is 0. The number of rotatable bonds is 1. The van der Waals surface area contributed by atoms with Gasteiger partial charge in [0.2, 0.25) is 0 Å². The minimum atomic E-state index is -0.264. The van der Waals surface area contributed by atoms with Gasteiger partial charge in [0, 0.05) is 13.1 Å². The largest absolute Gasteiger partial charge is 0.309 e. The monoisotopic (exact) mass is 184 g/mol. The number of nitrogens with one attached hydrogen (secondary N) is 1. The topological polar surface area (TPSA) is 41.6 Å². The Morgan fingerprint density at radius 2 is 2.23 bits per heavy atom. The van der Waals surface area contributed by atoms with Crippen LogP contribution in [-0.4, -0.2) is 36.2 Å². The van der Waals surface area contributed by atoms with Crippen molar-refractivity contribution < 1.29 is 9.63 Å². The summed E-state index contributed by atoms with van der Waals surface area (Å²) in [6.45, 7) is 7.94. The Labute approximate surface area is 78.5 Å². The van der Waals surface area contributed by atoms with Gasteiger partial charge < -0.3 is 5.32 Å². The van der Waals surface area contributed by atoms with Crippen LogP contribution in [0.2, 0.25) is 0 Å². The normalized spacial score (nSPS) is 18.7. The Balaban J connectivity index is 2.61. The summed E-state index contributed by atoms with van der Waals surface area (Å²) in [5.74, 6) is 1.88. The van der Waals surface area contributed by atoms with Crippen LogP contribution in [-0.2, 0) is 9.63 Å². The quantitative estimate of drug-likeness (QED) is 0.597. The van der Waals surface area contributed by atoms with Gasteiger partial charge in [-0.2, -0.15) is 0 Å². The Morgan fingerprint density at radius 1 is 1.54 bits per heavy atom. The maximum Gasteiger partial charge on any atom is 0.149 e. The number of piperazine rings is 1. The van der Waals surface area contributed by atoms with E-state index in [-0.39, 0.29) is 5.60 Å². The van der Waals surface area contributed by atoms with E-state index in [1.165, 1.54) is 0 Å². The van der Waals surface area contributed by atoms with Crippen molar-refractivity contribution in [2.45, 2.75) is 26.4 Å². The first-order valence-corrected chi connectivity index (χ1v) is 4.44. The highest BCUT2D eigenvalue weighted by Gasteiger charge is 2.22. The van der Waals surface area contributed by atoms with Crippen LogP contribution in [0.15, 0.2) is 5.70 Å². The molecule has 13 heavy (non-hydrogen) atoms. The lowest BCUT2D eigenvalue weighted by Crippen LogP contribution is -2.45. The first-order valence-electron chi connectivity index (χ1n) is 4.44. The van der Waals surface area contributed by atoms with Gasteiger partial charge in [-0.15, -0.1) is 0 Å². The molecule has 0 saturated carbocycles. The molecule has 0 unspecified atom stereocenters. The first-order chi connectivity index (χ1) is 6.03. The highest BCUT2D eigenvalue weighted by Crippen LogP contribution is 2.14. The molecule has 74 valence electrons. The minimum Gasteiger partial charge on any atom is -0.309 e. The zero-order valence-corrected chi connectivity index (χ0v) is 8.39.